The van der Waals surface area contributed by atoms with Crippen LogP contribution in [0, 0.1) is 0 Å². The maximum Gasteiger partial charge on any atom is 0.153 e. The van der Waals surface area contributed by atoms with Gasteiger partial charge in [-0.2, -0.15) is 5.10 Å². The highest BCUT2D eigenvalue weighted by molar-refractivity contribution is 5.38. The van der Waals surface area contributed by atoms with Gasteiger partial charge in [0.15, 0.2) is 5.65 Å². The smallest absolute Gasteiger partial charge is 0.153 e. The minimum atomic E-state index is 0.898. The zero-order chi connectivity index (χ0) is 6.27. The van der Waals surface area contributed by atoms with E-state index in [1.165, 1.54) is 4.68 Å². The summed E-state index contributed by atoms with van der Waals surface area (Å²) >= 11 is 0. The van der Waals surface area contributed by atoms with E-state index in [1.807, 2.05) is 18.3 Å². The Morgan fingerprint density at radius 1 is 1.56 bits per heavy atom. The molecule has 0 atom stereocenters. The fourth-order valence-electron chi connectivity index (χ4n) is 0.836. The predicted molar refractivity (Wildman–Crippen MR) is 33.3 cm³/mol. The monoisotopic (exact) mass is 122 g/mol. The van der Waals surface area contributed by atoms with Gasteiger partial charge in [0.25, 0.3) is 0 Å². The van der Waals surface area contributed by atoms with Gasteiger partial charge in [0.1, 0.15) is 6.33 Å². The number of aromatic nitrogens is 3. The van der Waals surface area contributed by atoms with Crippen LogP contribution in [0.15, 0.2) is 24.7 Å². The molecule has 4 heteroatoms. The van der Waals surface area contributed by atoms with Crippen molar-refractivity contribution >= 4 is 5.65 Å². The molecule has 4 nitrogen and oxygen atoms in total. The third kappa shape index (κ3) is 0.440. The normalized spacial score (nSPS) is 10.7. The van der Waals surface area contributed by atoms with E-state index in [0.29, 0.717) is 0 Å². The van der Waals surface area contributed by atoms with E-state index in [1.54, 1.807) is 10.8 Å². The Kier molecular flexibility index (Phi) is 0.631. The Labute approximate surface area is 51.5 Å². The molecule has 2 N–H and O–H groups in total. The van der Waals surface area contributed by atoms with E-state index < -0.39 is 0 Å². The summed E-state index contributed by atoms with van der Waals surface area (Å²) in [4.78, 5) is 0. The Balaban J connectivity index is 2.99. The highest BCUT2D eigenvalue weighted by atomic mass is 15.4. The highest BCUT2D eigenvalue weighted by Gasteiger charge is 1.93. The molecule has 0 aliphatic rings. The second-order valence-electron chi connectivity index (χ2n) is 1.85. The molecule has 2 heterocycles. The summed E-state index contributed by atoms with van der Waals surface area (Å²) in [6.45, 7) is 0. The van der Waals surface area contributed by atoms with Gasteiger partial charge in [0.2, 0.25) is 0 Å². The fourth-order valence-corrected chi connectivity index (χ4v) is 0.836. The lowest BCUT2D eigenvalue weighted by atomic mass is 10.6. The van der Waals surface area contributed by atoms with Gasteiger partial charge in [-0.3, -0.25) is 0 Å². The summed E-state index contributed by atoms with van der Waals surface area (Å²) in [7, 11) is 0. The molecule has 2 aromatic heterocycles. The first-order valence-corrected chi connectivity index (χ1v) is 2.64. The molecule has 0 unspecified atom stereocenters. The van der Waals surface area contributed by atoms with Crippen LogP contribution in [0.2, 0.25) is 0 Å². The molecule has 46 valence electrons. The first-order chi connectivity index (χ1) is 4.38. The van der Waals surface area contributed by atoms with Gasteiger partial charge in [-0.1, -0.05) is 0 Å². The number of rotatable bonds is 0. The van der Waals surface area contributed by atoms with E-state index in [4.69, 9.17) is 5.84 Å². The van der Waals surface area contributed by atoms with Crippen LogP contribution in [0.3, 0.4) is 0 Å². The minimum Gasteiger partial charge on any atom is -0.336 e. The number of nitrogens with zero attached hydrogens (tertiary/aromatic N) is 3. The molecule has 2 rings (SSSR count). The Hall–Kier alpha value is -1.45. The average Bonchev–Trinajstić information content (AvgIpc) is 2.35. The van der Waals surface area contributed by atoms with Gasteiger partial charge in [0, 0.05) is 6.20 Å². The molecule has 2 aromatic rings. The Morgan fingerprint density at radius 2 is 2.44 bits per heavy atom. The molecule has 0 aliphatic heterocycles. The zero-order valence-corrected chi connectivity index (χ0v) is 4.73. The third-order valence-corrected chi connectivity index (χ3v) is 1.27. The standard InChI is InChI=1S/C5H6N4/c6-8-4-7-9-3-1-2-5(8)9/h1-4H,6H2. The summed E-state index contributed by atoms with van der Waals surface area (Å²) in [5, 5.41) is 3.93. The fraction of sp³-hybridized carbons (Fsp3) is 0. The summed E-state index contributed by atoms with van der Waals surface area (Å²) in [5.74, 6) is 5.45. The quantitative estimate of drug-likeness (QED) is 0.494. The topological polar surface area (TPSA) is 48.2 Å². The van der Waals surface area contributed by atoms with E-state index in [0.717, 1.165) is 5.65 Å². The van der Waals surface area contributed by atoms with E-state index in [9.17, 15) is 0 Å². The Bertz CT molecular complexity index is 318. The molecule has 9 heavy (non-hydrogen) atoms. The van der Waals surface area contributed by atoms with E-state index in [2.05, 4.69) is 5.10 Å². The van der Waals surface area contributed by atoms with Gasteiger partial charge in [-0.15, -0.1) is 0 Å². The molecule has 0 radical (unpaired) electrons. The molecule has 0 spiro atoms. The average molecular weight is 122 g/mol. The Morgan fingerprint density at radius 3 is 3.22 bits per heavy atom. The van der Waals surface area contributed by atoms with E-state index >= 15 is 0 Å². The molecule has 0 bridgehead atoms. The van der Waals surface area contributed by atoms with Gasteiger partial charge in [-0.05, 0) is 12.1 Å². The van der Waals surface area contributed by atoms with Crippen molar-refractivity contribution in [2.75, 3.05) is 5.84 Å². The van der Waals surface area contributed by atoms with Crippen LogP contribution < -0.4 is 5.84 Å². The van der Waals surface area contributed by atoms with Crippen LogP contribution in [0.25, 0.3) is 5.65 Å². The number of nitrogen functional groups attached to an aromatic ring is 1. The number of hydrogen-bond acceptors (Lipinski definition) is 2. The molecule has 0 fully saturated rings. The largest absolute Gasteiger partial charge is 0.336 e. The van der Waals surface area contributed by atoms with Crippen molar-refractivity contribution in [2.24, 2.45) is 0 Å². The summed E-state index contributed by atoms with van der Waals surface area (Å²) < 4.78 is 3.18. The maximum atomic E-state index is 5.45. The van der Waals surface area contributed by atoms with Crippen LogP contribution in [0.1, 0.15) is 0 Å². The lowest BCUT2D eigenvalue weighted by Gasteiger charge is -1.84. The van der Waals surface area contributed by atoms with Gasteiger partial charge >= 0.3 is 0 Å². The summed E-state index contributed by atoms with van der Waals surface area (Å²) in [6.07, 6.45) is 3.41. The highest BCUT2D eigenvalue weighted by Crippen LogP contribution is 1.97. The molecule has 0 amide bonds. The molecule has 0 aliphatic carbocycles. The lowest BCUT2D eigenvalue weighted by Crippen LogP contribution is -2.04. The molecule has 0 aromatic carbocycles. The maximum absolute atomic E-state index is 5.45. The van der Waals surface area contributed by atoms with Crippen LogP contribution in [-0.2, 0) is 0 Å². The van der Waals surface area contributed by atoms with Gasteiger partial charge < -0.3 is 5.84 Å². The summed E-state index contributed by atoms with van der Waals surface area (Å²) in [6, 6.07) is 3.79. The van der Waals surface area contributed by atoms with Crippen LogP contribution in [0.4, 0.5) is 0 Å². The number of hydrogen-bond donors (Lipinski definition) is 1. The molecule has 0 saturated heterocycles. The van der Waals surface area contributed by atoms with Crippen molar-refractivity contribution in [3.63, 3.8) is 0 Å². The van der Waals surface area contributed by atoms with Crippen molar-refractivity contribution < 1.29 is 0 Å². The van der Waals surface area contributed by atoms with Gasteiger partial charge in [0.05, 0.1) is 0 Å². The minimum absolute atomic E-state index is 0.898. The second-order valence-corrected chi connectivity index (χ2v) is 1.85. The summed E-state index contributed by atoms with van der Waals surface area (Å²) in [5.41, 5.74) is 0.898. The SMILES string of the molecule is Nn1cnn2cccc12. The van der Waals surface area contributed by atoms with Crippen molar-refractivity contribution in [3.05, 3.63) is 24.7 Å². The molecular formula is C5H6N4. The van der Waals surface area contributed by atoms with Crippen LogP contribution in [0.5, 0.6) is 0 Å². The molecular weight excluding hydrogens is 116 g/mol. The van der Waals surface area contributed by atoms with E-state index in [-0.39, 0.29) is 0 Å². The van der Waals surface area contributed by atoms with Crippen molar-refractivity contribution in [3.8, 4) is 0 Å². The number of fused-ring (bicyclic) bond motifs is 1. The van der Waals surface area contributed by atoms with Crippen LogP contribution in [-0.4, -0.2) is 14.3 Å². The van der Waals surface area contributed by atoms with Crippen molar-refractivity contribution in [2.45, 2.75) is 0 Å². The van der Waals surface area contributed by atoms with Gasteiger partial charge in [-0.25, -0.2) is 9.19 Å². The predicted octanol–water partition coefficient (Wildman–Crippen LogP) is -0.150. The second kappa shape index (κ2) is 1.28. The number of nitrogens with two attached hydrogens (primary N) is 1. The first-order valence-electron chi connectivity index (χ1n) is 2.64. The van der Waals surface area contributed by atoms with Crippen molar-refractivity contribution in [1.82, 2.24) is 14.3 Å². The zero-order valence-electron chi connectivity index (χ0n) is 4.73. The third-order valence-electron chi connectivity index (χ3n) is 1.27. The lowest BCUT2D eigenvalue weighted by molar-refractivity contribution is 0.972. The first kappa shape index (κ1) is 4.43. The van der Waals surface area contributed by atoms with Crippen LogP contribution >= 0.6 is 0 Å². The van der Waals surface area contributed by atoms with Crippen molar-refractivity contribution in [1.29, 1.82) is 0 Å². The molecule has 0 saturated carbocycles.